The van der Waals surface area contributed by atoms with Crippen LogP contribution in [0.4, 0.5) is 0 Å². The molecule has 1 atom stereocenters. The first kappa shape index (κ1) is 17.7. The SMILES string of the molecule is CC(Oc1ccccc1)C(=O)NC1CC(N(CC(=O)O)CC2CC2)C1. The lowest BCUT2D eigenvalue weighted by atomic mass is 9.85. The Hall–Kier alpha value is -2.08. The van der Waals surface area contributed by atoms with Gasteiger partial charge >= 0.3 is 5.97 Å². The van der Waals surface area contributed by atoms with Crippen LogP contribution in [-0.2, 0) is 9.59 Å². The van der Waals surface area contributed by atoms with E-state index >= 15 is 0 Å². The van der Waals surface area contributed by atoms with Crippen LogP contribution in [-0.4, -0.2) is 53.2 Å². The lowest BCUT2D eigenvalue weighted by molar-refractivity contribution is -0.140. The number of carboxylic acid groups (broad SMARTS) is 1. The zero-order chi connectivity index (χ0) is 17.8. The molecule has 2 aliphatic rings. The molecule has 136 valence electrons. The minimum absolute atomic E-state index is 0.0926. The highest BCUT2D eigenvalue weighted by molar-refractivity contribution is 5.81. The summed E-state index contributed by atoms with van der Waals surface area (Å²) in [6.45, 7) is 2.70. The van der Waals surface area contributed by atoms with E-state index in [9.17, 15) is 9.59 Å². The first-order valence-corrected chi connectivity index (χ1v) is 8.99. The molecule has 0 heterocycles. The number of carboxylic acids is 1. The summed E-state index contributed by atoms with van der Waals surface area (Å²) in [5.41, 5.74) is 0. The number of amides is 1. The van der Waals surface area contributed by atoms with Gasteiger partial charge in [0.1, 0.15) is 5.75 Å². The molecule has 2 saturated carbocycles. The zero-order valence-corrected chi connectivity index (χ0v) is 14.6. The summed E-state index contributed by atoms with van der Waals surface area (Å²) >= 11 is 0. The van der Waals surface area contributed by atoms with Crippen LogP contribution < -0.4 is 10.1 Å². The third-order valence-corrected chi connectivity index (χ3v) is 4.93. The van der Waals surface area contributed by atoms with Gasteiger partial charge in [-0.15, -0.1) is 0 Å². The number of carbonyl (C=O) groups excluding carboxylic acids is 1. The van der Waals surface area contributed by atoms with Crippen molar-refractivity contribution in [2.24, 2.45) is 5.92 Å². The molecular weight excluding hydrogens is 320 g/mol. The first-order valence-electron chi connectivity index (χ1n) is 8.99. The minimum Gasteiger partial charge on any atom is -0.481 e. The number of hydrogen-bond acceptors (Lipinski definition) is 4. The monoisotopic (exact) mass is 346 g/mol. The molecule has 1 aromatic carbocycles. The van der Waals surface area contributed by atoms with Crippen LogP contribution in [0.15, 0.2) is 30.3 Å². The average Bonchev–Trinajstić information content (AvgIpc) is 3.34. The Morgan fingerprint density at radius 3 is 2.56 bits per heavy atom. The van der Waals surface area contributed by atoms with E-state index in [0.29, 0.717) is 11.7 Å². The van der Waals surface area contributed by atoms with Gasteiger partial charge in [0.05, 0.1) is 6.54 Å². The van der Waals surface area contributed by atoms with Crippen LogP contribution >= 0.6 is 0 Å². The number of nitrogens with one attached hydrogen (secondary N) is 1. The van der Waals surface area contributed by atoms with Gasteiger partial charge in [-0.3, -0.25) is 14.5 Å². The second kappa shape index (κ2) is 7.87. The summed E-state index contributed by atoms with van der Waals surface area (Å²) in [5, 5.41) is 12.1. The van der Waals surface area contributed by atoms with Crippen molar-refractivity contribution >= 4 is 11.9 Å². The van der Waals surface area contributed by atoms with Gasteiger partial charge in [0, 0.05) is 18.6 Å². The number of carbonyl (C=O) groups is 2. The summed E-state index contributed by atoms with van der Waals surface area (Å²) in [6, 6.07) is 9.65. The number of benzene rings is 1. The van der Waals surface area contributed by atoms with E-state index in [-0.39, 0.29) is 24.5 Å². The molecule has 1 unspecified atom stereocenters. The Morgan fingerprint density at radius 2 is 1.96 bits per heavy atom. The quantitative estimate of drug-likeness (QED) is 0.714. The highest BCUT2D eigenvalue weighted by atomic mass is 16.5. The van der Waals surface area contributed by atoms with Crippen molar-refractivity contribution in [2.75, 3.05) is 13.1 Å². The number of rotatable bonds is 9. The van der Waals surface area contributed by atoms with Crippen molar-refractivity contribution in [3.05, 3.63) is 30.3 Å². The maximum Gasteiger partial charge on any atom is 0.317 e. The number of nitrogens with zero attached hydrogens (tertiary/aromatic N) is 1. The van der Waals surface area contributed by atoms with Gasteiger partial charge in [0.2, 0.25) is 0 Å². The molecule has 0 radical (unpaired) electrons. The van der Waals surface area contributed by atoms with E-state index in [1.165, 1.54) is 12.8 Å². The third kappa shape index (κ3) is 5.19. The summed E-state index contributed by atoms with van der Waals surface area (Å²) in [6.07, 6.45) is 3.48. The molecule has 25 heavy (non-hydrogen) atoms. The van der Waals surface area contributed by atoms with Gasteiger partial charge in [-0.05, 0) is 50.7 Å². The second-order valence-electron chi connectivity index (χ2n) is 7.17. The Morgan fingerprint density at radius 1 is 1.28 bits per heavy atom. The minimum atomic E-state index is -0.780. The standard InChI is InChI=1S/C19H26N2O4/c1-13(25-17-5-3-2-4-6-17)19(24)20-15-9-16(10-15)21(12-18(22)23)11-14-7-8-14/h2-6,13-16H,7-12H2,1H3,(H,20,24)(H,22,23). The van der Waals surface area contributed by atoms with Crippen LogP contribution in [0.3, 0.4) is 0 Å². The smallest absolute Gasteiger partial charge is 0.317 e. The normalized spacial score (nSPS) is 23.6. The molecule has 0 aliphatic heterocycles. The van der Waals surface area contributed by atoms with Crippen molar-refractivity contribution in [2.45, 2.75) is 50.8 Å². The molecule has 0 saturated heterocycles. The van der Waals surface area contributed by atoms with Gasteiger partial charge < -0.3 is 15.2 Å². The lowest BCUT2D eigenvalue weighted by Crippen LogP contribution is -2.56. The maximum absolute atomic E-state index is 12.2. The predicted octanol–water partition coefficient (Wildman–Crippen LogP) is 1.90. The van der Waals surface area contributed by atoms with Crippen LogP contribution in [0.2, 0.25) is 0 Å². The molecule has 2 fully saturated rings. The molecule has 0 aromatic heterocycles. The fourth-order valence-corrected chi connectivity index (χ4v) is 3.23. The van der Waals surface area contributed by atoms with Gasteiger partial charge in [-0.25, -0.2) is 0 Å². The molecule has 2 N–H and O–H groups in total. The zero-order valence-electron chi connectivity index (χ0n) is 14.6. The van der Waals surface area contributed by atoms with Crippen LogP contribution in [0.5, 0.6) is 5.75 Å². The summed E-state index contributed by atoms with van der Waals surface area (Å²) in [5.74, 6) is 0.429. The Bertz CT molecular complexity index is 597. The first-order chi connectivity index (χ1) is 12.0. The summed E-state index contributed by atoms with van der Waals surface area (Å²) in [4.78, 5) is 25.4. The van der Waals surface area contributed by atoms with Crippen molar-refractivity contribution in [3.63, 3.8) is 0 Å². The Kier molecular flexibility index (Phi) is 5.58. The summed E-state index contributed by atoms with van der Waals surface area (Å²) < 4.78 is 5.63. The number of ether oxygens (including phenoxy) is 1. The van der Waals surface area contributed by atoms with E-state index in [2.05, 4.69) is 10.2 Å². The highest BCUT2D eigenvalue weighted by Gasteiger charge is 2.38. The van der Waals surface area contributed by atoms with Crippen molar-refractivity contribution in [1.82, 2.24) is 10.2 Å². The van der Waals surface area contributed by atoms with Crippen LogP contribution in [0.25, 0.3) is 0 Å². The van der Waals surface area contributed by atoms with E-state index in [1.807, 2.05) is 30.3 Å². The average molecular weight is 346 g/mol. The number of aliphatic carboxylic acids is 1. The Balaban J connectivity index is 1.42. The van der Waals surface area contributed by atoms with Crippen LogP contribution in [0, 0.1) is 5.92 Å². The van der Waals surface area contributed by atoms with Crippen molar-refractivity contribution in [1.29, 1.82) is 0 Å². The molecule has 6 heteroatoms. The molecule has 0 bridgehead atoms. The van der Waals surface area contributed by atoms with E-state index in [0.717, 1.165) is 19.4 Å². The molecule has 3 rings (SSSR count). The number of para-hydroxylation sites is 1. The van der Waals surface area contributed by atoms with E-state index < -0.39 is 12.1 Å². The topological polar surface area (TPSA) is 78.9 Å². The predicted molar refractivity (Wildman–Crippen MR) is 93.4 cm³/mol. The molecule has 2 aliphatic carbocycles. The lowest BCUT2D eigenvalue weighted by Gasteiger charge is -2.43. The van der Waals surface area contributed by atoms with E-state index in [4.69, 9.17) is 9.84 Å². The molecule has 1 aromatic rings. The molecule has 0 spiro atoms. The van der Waals surface area contributed by atoms with Crippen molar-refractivity contribution in [3.8, 4) is 5.75 Å². The van der Waals surface area contributed by atoms with Crippen LogP contribution in [0.1, 0.15) is 32.6 Å². The number of hydrogen-bond donors (Lipinski definition) is 2. The molecule has 6 nitrogen and oxygen atoms in total. The van der Waals surface area contributed by atoms with E-state index in [1.54, 1.807) is 6.92 Å². The molecule has 1 amide bonds. The fraction of sp³-hybridized carbons (Fsp3) is 0.579. The molecular formula is C19H26N2O4. The third-order valence-electron chi connectivity index (χ3n) is 4.93. The highest BCUT2D eigenvalue weighted by Crippen LogP contribution is 2.33. The van der Waals surface area contributed by atoms with Gasteiger partial charge in [-0.1, -0.05) is 18.2 Å². The second-order valence-corrected chi connectivity index (χ2v) is 7.17. The summed E-state index contributed by atoms with van der Waals surface area (Å²) in [7, 11) is 0. The maximum atomic E-state index is 12.2. The van der Waals surface area contributed by atoms with Gasteiger partial charge in [-0.2, -0.15) is 0 Å². The van der Waals surface area contributed by atoms with Gasteiger partial charge in [0.25, 0.3) is 5.91 Å². The van der Waals surface area contributed by atoms with Gasteiger partial charge in [0.15, 0.2) is 6.10 Å². The Labute approximate surface area is 148 Å². The van der Waals surface area contributed by atoms with Crippen molar-refractivity contribution < 1.29 is 19.4 Å². The largest absolute Gasteiger partial charge is 0.481 e. The fourth-order valence-electron chi connectivity index (χ4n) is 3.23.